The van der Waals surface area contributed by atoms with Crippen molar-refractivity contribution < 1.29 is 18.7 Å². The number of nitrogens with one attached hydrogen (secondary N) is 1. The van der Waals surface area contributed by atoms with Crippen LogP contribution in [0.3, 0.4) is 0 Å². The van der Waals surface area contributed by atoms with E-state index in [1.165, 1.54) is 17.2 Å². The molecule has 2 amide bonds. The molecular formula is C33H32FN5O3. The predicted octanol–water partition coefficient (Wildman–Crippen LogP) is 4.79. The molecule has 4 heterocycles. The van der Waals surface area contributed by atoms with Crippen LogP contribution >= 0.6 is 0 Å². The maximum absolute atomic E-state index is 15.5. The largest absolute Gasteiger partial charge is 0.377 e. The van der Waals surface area contributed by atoms with Crippen LogP contribution in [0.5, 0.6) is 0 Å². The highest BCUT2D eigenvalue weighted by Gasteiger charge is 2.45. The third-order valence-electron chi connectivity index (χ3n) is 9.33. The van der Waals surface area contributed by atoms with E-state index in [0.717, 1.165) is 36.9 Å². The van der Waals surface area contributed by atoms with E-state index in [0.29, 0.717) is 48.3 Å². The molecule has 3 atom stereocenters. The number of rotatable bonds is 6. The van der Waals surface area contributed by atoms with Crippen LogP contribution in [0.25, 0.3) is 16.9 Å². The molecule has 0 spiro atoms. The monoisotopic (exact) mass is 565 g/mol. The van der Waals surface area contributed by atoms with Crippen molar-refractivity contribution in [3.05, 3.63) is 88.5 Å². The molecule has 214 valence electrons. The molecule has 2 aliphatic carbocycles. The van der Waals surface area contributed by atoms with Crippen LogP contribution in [0.4, 0.5) is 4.39 Å². The zero-order chi connectivity index (χ0) is 28.5. The first-order valence-corrected chi connectivity index (χ1v) is 14.9. The summed E-state index contributed by atoms with van der Waals surface area (Å²) < 4.78 is 22.4. The smallest absolute Gasteiger partial charge is 0.273 e. The predicted molar refractivity (Wildman–Crippen MR) is 154 cm³/mol. The second-order valence-corrected chi connectivity index (χ2v) is 12.2. The minimum atomic E-state index is -0.376. The van der Waals surface area contributed by atoms with Crippen molar-refractivity contribution in [2.45, 2.75) is 56.5 Å². The van der Waals surface area contributed by atoms with Crippen molar-refractivity contribution >= 4 is 17.5 Å². The highest BCUT2D eigenvalue weighted by molar-refractivity contribution is 5.93. The first-order valence-electron chi connectivity index (χ1n) is 14.9. The van der Waals surface area contributed by atoms with Crippen molar-refractivity contribution in [2.24, 2.45) is 5.92 Å². The normalized spacial score (nSPS) is 23.4. The standard InChI is InChI=1S/C33H32FN5O3/c1-18-23-5-3-2-4-19(23)10-11-38(18)33(41)29-14-30(20-6-7-20)39-31(36-29)15-28(37-39)24-9-8-21(12-27(24)34)25-13-26(25)32(40)35-22-16-42-17-22/h2-5,8-9,12,14-15,18,20,22,25-26H,6-7,10-11,13,16-17H2,1H3,(H,35,40)/t18-,25-,26+/m1/s1. The number of benzene rings is 2. The quantitative estimate of drug-likeness (QED) is 0.363. The van der Waals surface area contributed by atoms with E-state index in [4.69, 9.17) is 14.8 Å². The third kappa shape index (κ3) is 4.38. The molecular weight excluding hydrogens is 533 g/mol. The molecule has 4 aliphatic rings. The van der Waals surface area contributed by atoms with E-state index >= 15 is 4.39 Å². The molecule has 2 saturated carbocycles. The van der Waals surface area contributed by atoms with E-state index in [-0.39, 0.29) is 41.6 Å². The molecule has 2 aliphatic heterocycles. The van der Waals surface area contributed by atoms with E-state index < -0.39 is 0 Å². The van der Waals surface area contributed by atoms with Crippen LogP contribution < -0.4 is 5.32 Å². The topological polar surface area (TPSA) is 88.8 Å². The SMILES string of the molecule is C[C@@H]1c2ccccc2CCN1C(=O)c1cc(C2CC2)n2nc(-c3ccc([C@H]4C[C@@H]4C(=O)NC4COC4)cc3F)cc2n1. The van der Waals surface area contributed by atoms with Crippen LogP contribution in [-0.4, -0.2) is 57.1 Å². The first-order chi connectivity index (χ1) is 20.4. The zero-order valence-electron chi connectivity index (χ0n) is 23.4. The van der Waals surface area contributed by atoms with Gasteiger partial charge in [-0.05, 0) is 73.4 Å². The molecule has 2 aromatic heterocycles. The fourth-order valence-corrected chi connectivity index (χ4v) is 6.56. The summed E-state index contributed by atoms with van der Waals surface area (Å²) in [5.74, 6) is -0.233. The minimum Gasteiger partial charge on any atom is -0.377 e. The fourth-order valence-electron chi connectivity index (χ4n) is 6.56. The Labute approximate surface area is 242 Å². The van der Waals surface area contributed by atoms with Crippen molar-refractivity contribution in [1.29, 1.82) is 0 Å². The van der Waals surface area contributed by atoms with Crippen LogP contribution in [0.15, 0.2) is 54.6 Å². The number of carbonyl (C=O) groups excluding carboxylic acids is 2. The van der Waals surface area contributed by atoms with Gasteiger partial charge in [0, 0.05) is 35.7 Å². The average Bonchev–Trinajstić information content (AvgIpc) is 3.91. The van der Waals surface area contributed by atoms with Crippen LogP contribution in [0.2, 0.25) is 0 Å². The summed E-state index contributed by atoms with van der Waals surface area (Å²) in [6.45, 7) is 3.83. The molecule has 4 aromatic rings. The number of aromatic nitrogens is 3. The number of ether oxygens (including phenoxy) is 1. The Bertz CT molecular complexity index is 1740. The summed E-state index contributed by atoms with van der Waals surface area (Å²) in [5.41, 5.74) is 6.05. The van der Waals surface area contributed by atoms with Gasteiger partial charge in [-0.25, -0.2) is 13.9 Å². The second-order valence-electron chi connectivity index (χ2n) is 12.2. The summed E-state index contributed by atoms with van der Waals surface area (Å²) >= 11 is 0. The lowest BCUT2D eigenvalue weighted by molar-refractivity contribution is -0.126. The molecule has 9 heteroatoms. The van der Waals surface area contributed by atoms with Gasteiger partial charge in [-0.15, -0.1) is 0 Å². The lowest BCUT2D eigenvalue weighted by Gasteiger charge is -2.35. The summed E-state index contributed by atoms with van der Waals surface area (Å²) in [6, 6.07) is 17.2. The van der Waals surface area contributed by atoms with Gasteiger partial charge in [0.25, 0.3) is 5.91 Å². The van der Waals surface area contributed by atoms with Crippen molar-refractivity contribution in [2.75, 3.05) is 19.8 Å². The Hall–Kier alpha value is -4.11. The van der Waals surface area contributed by atoms with Crippen molar-refractivity contribution in [1.82, 2.24) is 24.8 Å². The Kier molecular flexibility index (Phi) is 5.93. The third-order valence-corrected chi connectivity index (χ3v) is 9.33. The molecule has 0 unspecified atom stereocenters. The van der Waals surface area contributed by atoms with Crippen LogP contribution in [0, 0.1) is 11.7 Å². The van der Waals surface area contributed by atoms with E-state index in [1.54, 1.807) is 16.6 Å². The highest BCUT2D eigenvalue weighted by atomic mass is 19.1. The lowest BCUT2D eigenvalue weighted by Crippen LogP contribution is -2.49. The molecule has 8 rings (SSSR count). The number of hydrogen-bond donors (Lipinski definition) is 1. The molecule has 0 bridgehead atoms. The van der Waals surface area contributed by atoms with E-state index in [9.17, 15) is 9.59 Å². The summed E-state index contributed by atoms with van der Waals surface area (Å²) in [5, 5.41) is 7.76. The minimum absolute atomic E-state index is 0.0188. The molecule has 1 saturated heterocycles. The molecule has 8 nitrogen and oxygen atoms in total. The second kappa shape index (κ2) is 9.73. The van der Waals surface area contributed by atoms with Crippen molar-refractivity contribution in [3.63, 3.8) is 0 Å². The lowest BCUT2D eigenvalue weighted by atomic mass is 9.93. The van der Waals surface area contributed by atoms with Gasteiger partial charge >= 0.3 is 0 Å². The number of halogens is 1. The van der Waals surface area contributed by atoms with Crippen LogP contribution in [-0.2, 0) is 16.0 Å². The van der Waals surface area contributed by atoms with Gasteiger partial charge in [0.2, 0.25) is 5.91 Å². The van der Waals surface area contributed by atoms with Gasteiger partial charge < -0.3 is 15.0 Å². The van der Waals surface area contributed by atoms with Crippen LogP contribution in [0.1, 0.15) is 76.9 Å². The van der Waals surface area contributed by atoms with Gasteiger partial charge in [-0.3, -0.25) is 9.59 Å². The van der Waals surface area contributed by atoms with Gasteiger partial charge in [0.05, 0.1) is 31.0 Å². The Balaban J connectivity index is 1.07. The molecule has 1 N–H and O–H groups in total. The van der Waals surface area contributed by atoms with Gasteiger partial charge in [0.1, 0.15) is 11.5 Å². The molecule has 3 fully saturated rings. The average molecular weight is 566 g/mol. The molecule has 2 aromatic carbocycles. The zero-order valence-corrected chi connectivity index (χ0v) is 23.4. The van der Waals surface area contributed by atoms with Crippen molar-refractivity contribution in [3.8, 4) is 11.3 Å². The Morgan fingerprint density at radius 2 is 1.90 bits per heavy atom. The molecule has 42 heavy (non-hydrogen) atoms. The van der Waals surface area contributed by atoms with E-state index in [2.05, 4.69) is 24.4 Å². The molecule has 0 radical (unpaired) electrons. The summed E-state index contributed by atoms with van der Waals surface area (Å²) in [7, 11) is 0. The Morgan fingerprint density at radius 3 is 2.67 bits per heavy atom. The maximum Gasteiger partial charge on any atom is 0.273 e. The van der Waals surface area contributed by atoms with E-state index in [1.807, 2.05) is 29.2 Å². The summed E-state index contributed by atoms with van der Waals surface area (Å²) in [4.78, 5) is 32.9. The Morgan fingerprint density at radius 1 is 1.07 bits per heavy atom. The van der Waals surface area contributed by atoms with Gasteiger partial charge in [-0.2, -0.15) is 5.10 Å². The maximum atomic E-state index is 15.5. The number of nitrogens with zero attached hydrogens (tertiary/aromatic N) is 4. The number of amides is 2. The number of carbonyl (C=O) groups is 2. The number of fused-ring (bicyclic) bond motifs is 2. The van der Waals surface area contributed by atoms with Gasteiger partial charge in [-0.1, -0.05) is 30.3 Å². The number of hydrogen-bond acceptors (Lipinski definition) is 5. The fraction of sp³-hybridized carbons (Fsp3) is 0.394. The van der Waals surface area contributed by atoms with Gasteiger partial charge in [0.15, 0.2) is 5.65 Å². The highest BCUT2D eigenvalue weighted by Crippen LogP contribution is 2.48. The summed E-state index contributed by atoms with van der Waals surface area (Å²) in [6.07, 6.45) is 3.60. The first kappa shape index (κ1) is 25.6.